The molecule has 0 amide bonds. The maximum absolute atomic E-state index is 12.3. The highest BCUT2D eigenvalue weighted by Gasteiger charge is 2.25. The number of hydrogen-bond donors (Lipinski definition) is 0. The van der Waals surface area contributed by atoms with Crippen molar-refractivity contribution in [2.45, 2.75) is 23.9 Å². The smallest absolute Gasteiger partial charge is 0.363 e. The number of rotatable bonds is 5. The Labute approximate surface area is 181 Å². The molecule has 31 heavy (non-hydrogen) atoms. The Morgan fingerprint density at radius 1 is 1.06 bits per heavy atom. The number of nitro benzene ring substituents is 1. The van der Waals surface area contributed by atoms with E-state index in [1.807, 2.05) is 32.0 Å². The van der Waals surface area contributed by atoms with Gasteiger partial charge in [-0.1, -0.05) is 12.1 Å². The zero-order valence-corrected chi connectivity index (χ0v) is 17.4. The molecule has 0 bridgehead atoms. The van der Waals surface area contributed by atoms with E-state index in [9.17, 15) is 14.9 Å². The summed E-state index contributed by atoms with van der Waals surface area (Å²) in [5, 5.41) is 12.0. The lowest BCUT2D eigenvalue weighted by molar-refractivity contribution is -0.387. The Bertz CT molecular complexity index is 1260. The fraction of sp³-hybridized carbons (Fsp3) is 0.0909. The summed E-state index contributed by atoms with van der Waals surface area (Å²) in [4.78, 5) is 36.2. The number of carbonyl (C=O) groups excluding carboxylic acids is 1. The average Bonchev–Trinajstić information content (AvgIpc) is 3.12. The summed E-state index contributed by atoms with van der Waals surface area (Å²) in [6.45, 7) is 3.96. The minimum atomic E-state index is -0.605. The fourth-order valence-corrected chi connectivity index (χ4v) is 3.65. The van der Waals surface area contributed by atoms with Gasteiger partial charge in [0.2, 0.25) is 5.90 Å². The second kappa shape index (κ2) is 8.49. The molecule has 4 rings (SSSR count). The molecule has 2 heterocycles. The van der Waals surface area contributed by atoms with E-state index < -0.39 is 10.9 Å². The molecule has 3 aromatic rings. The van der Waals surface area contributed by atoms with Gasteiger partial charge in [-0.2, -0.15) is 0 Å². The van der Waals surface area contributed by atoms with Gasteiger partial charge in [-0.3, -0.25) is 10.1 Å². The van der Waals surface area contributed by atoms with E-state index in [2.05, 4.69) is 15.0 Å². The first-order valence-corrected chi connectivity index (χ1v) is 10.1. The third-order valence-electron chi connectivity index (χ3n) is 4.60. The number of aryl methyl sites for hydroxylation is 2. The first-order chi connectivity index (χ1) is 14.9. The minimum absolute atomic E-state index is 0.0781. The van der Waals surface area contributed by atoms with Gasteiger partial charge in [0, 0.05) is 24.0 Å². The molecule has 2 aromatic carbocycles. The lowest BCUT2D eigenvalue weighted by Crippen LogP contribution is -2.05. The van der Waals surface area contributed by atoms with Crippen molar-refractivity contribution in [1.82, 2.24) is 9.97 Å². The molecule has 154 valence electrons. The molecule has 0 spiro atoms. The zero-order chi connectivity index (χ0) is 22.0. The van der Waals surface area contributed by atoms with Crippen LogP contribution in [0.1, 0.15) is 22.3 Å². The van der Waals surface area contributed by atoms with Crippen LogP contribution < -0.4 is 0 Å². The molecule has 1 aliphatic rings. The summed E-state index contributed by atoms with van der Waals surface area (Å²) in [6, 6.07) is 12.0. The molecule has 9 heteroatoms. The van der Waals surface area contributed by atoms with E-state index in [4.69, 9.17) is 4.74 Å². The van der Waals surface area contributed by atoms with E-state index in [-0.39, 0.29) is 17.3 Å². The molecule has 1 aliphatic heterocycles. The number of aromatic nitrogens is 2. The molecular weight excluding hydrogens is 416 g/mol. The van der Waals surface area contributed by atoms with Gasteiger partial charge in [-0.15, -0.1) is 0 Å². The predicted octanol–water partition coefficient (Wildman–Crippen LogP) is 4.50. The minimum Gasteiger partial charge on any atom is -0.402 e. The van der Waals surface area contributed by atoms with Gasteiger partial charge >= 0.3 is 5.97 Å². The van der Waals surface area contributed by atoms with Crippen LogP contribution >= 0.6 is 11.8 Å². The van der Waals surface area contributed by atoms with Crippen molar-refractivity contribution in [3.05, 3.63) is 92.9 Å². The molecular formula is C22H16N4O4S. The van der Waals surface area contributed by atoms with Gasteiger partial charge in [-0.25, -0.2) is 19.8 Å². The third kappa shape index (κ3) is 4.51. The molecule has 0 saturated carbocycles. The molecule has 0 aliphatic carbocycles. The second-order valence-electron chi connectivity index (χ2n) is 6.75. The Morgan fingerprint density at radius 3 is 2.55 bits per heavy atom. The number of nitro groups is 1. The van der Waals surface area contributed by atoms with Gasteiger partial charge in [0.05, 0.1) is 9.82 Å². The van der Waals surface area contributed by atoms with Gasteiger partial charge < -0.3 is 4.74 Å². The lowest BCUT2D eigenvalue weighted by atomic mass is 10.1. The van der Waals surface area contributed by atoms with Crippen LogP contribution in [0.3, 0.4) is 0 Å². The summed E-state index contributed by atoms with van der Waals surface area (Å²) >= 11 is 1.09. The topological polar surface area (TPSA) is 108 Å². The first-order valence-electron chi connectivity index (χ1n) is 9.24. The number of hydrogen-bond acceptors (Lipinski definition) is 8. The number of carbonyl (C=O) groups is 1. The largest absolute Gasteiger partial charge is 0.402 e. The predicted molar refractivity (Wildman–Crippen MR) is 116 cm³/mol. The molecule has 0 atom stereocenters. The van der Waals surface area contributed by atoms with Gasteiger partial charge in [0.25, 0.3) is 5.69 Å². The van der Waals surface area contributed by atoms with Crippen molar-refractivity contribution in [3.63, 3.8) is 0 Å². The quantitative estimate of drug-likeness (QED) is 0.192. The lowest BCUT2D eigenvalue weighted by Gasteiger charge is -2.03. The summed E-state index contributed by atoms with van der Waals surface area (Å²) in [5.74, 6) is -0.394. The van der Waals surface area contributed by atoms with E-state index in [1.165, 1.54) is 12.1 Å². The van der Waals surface area contributed by atoms with Crippen LogP contribution in [-0.2, 0) is 9.53 Å². The van der Waals surface area contributed by atoms with Crippen molar-refractivity contribution in [3.8, 4) is 0 Å². The Morgan fingerprint density at radius 2 is 1.84 bits per heavy atom. The highest BCUT2D eigenvalue weighted by atomic mass is 32.2. The molecule has 0 fully saturated rings. The molecule has 1 aromatic heterocycles. The molecule has 0 N–H and O–H groups in total. The van der Waals surface area contributed by atoms with Crippen molar-refractivity contribution in [2.75, 3.05) is 0 Å². The maximum atomic E-state index is 12.3. The summed E-state index contributed by atoms with van der Waals surface area (Å²) in [5.41, 5.74) is 3.30. The van der Waals surface area contributed by atoms with Crippen LogP contribution in [0.5, 0.6) is 0 Å². The number of benzene rings is 2. The second-order valence-corrected chi connectivity index (χ2v) is 7.76. The molecule has 0 saturated heterocycles. The monoisotopic (exact) mass is 432 g/mol. The van der Waals surface area contributed by atoms with Crippen molar-refractivity contribution in [2.24, 2.45) is 4.99 Å². The number of aliphatic imine (C=N–C) groups is 1. The molecule has 0 unspecified atom stereocenters. The van der Waals surface area contributed by atoms with E-state index >= 15 is 0 Å². The van der Waals surface area contributed by atoms with Crippen molar-refractivity contribution in [1.29, 1.82) is 0 Å². The SMILES string of the molecule is Cc1ccc(C2=N/C(=C/c3ccc(Sc4ncccn4)c([N+](=O)[O-])c3)C(=O)O2)cc1C. The van der Waals surface area contributed by atoms with E-state index in [0.717, 1.165) is 22.9 Å². The number of nitrogens with zero attached hydrogens (tertiary/aromatic N) is 4. The van der Waals surface area contributed by atoms with Crippen LogP contribution in [0.4, 0.5) is 5.69 Å². The number of esters is 1. The molecule has 0 radical (unpaired) electrons. The highest BCUT2D eigenvalue weighted by Crippen LogP contribution is 2.34. The van der Waals surface area contributed by atoms with Crippen LogP contribution in [0.15, 0.2) is 75.6 Å². The van der Waals surface area contributed by atoms with Gasteiger partial charge in [0.1, 0.15) is 0 Å². The first kappa shape index (κ1) is 20.4. The summed E-state index contributed by atoms with van der Waals surface area (Å²) in [7, 11) is 0. The normalized spacial score (nSPS) is 14.5. The van der Waals surface area contributed by atoms with E-state index in [0.29, 0.717) is 21.2 Å². The number of cyclic esters (lactones) is 1. The van der Waals surface area contributed by atoms with Crippen LogP contribution in [0, 0.1) is 24.0 Å². The van der Waals surface area contributed by atoms with Crippen molar-refractivity contribution < 1.29 is 14.5 Å². The summed E-state index contributed by atoms with van der Waals surface area (Å²) < 4.78 is 5.30. The standard InChI is InChI=1S/C22H16N4O4S/c1-13-4-6-16(10-14(13)2)20-25-17(21(27)30-20)11-15-5-7-19(18(12-15)26(28)29)31-22-23-8-3-9-24-22/h3-12H,1-2H3/b17-11+. The highest BCUT2D eigenvalue weighted by molar-refractivity contribution is 7.99. The van der Waals surface area contributed by atoms with Crippen LogP contribution in [0.2, 0.25) is 0 Å². The summed E-state index contributed by atoms with van der Waals surface area (Å²) in [6.07, 6.45) is 4.60. The fourth-order valence-electron chi connectivity index (χ4n) is 2.85. The zero-order valence-electron chi connectivity index (χ0n) is 16.6. The number of ether oxygens (including phenoxy) is 1. The maximum Gasteiger partial charge on any atom is 0.363 e. The van der Waals surface area contributed by atoms with Crippen LogP contribution in [-0.4, -0.2) is 26.8 Å². The Balaban J connectivity index is 1.65. The van der Waals surface area contributed by atoms with Gasteiger partial charge in [-0.05, 0) is 72.6 Å². The van der Waals surface area contributed by atoms with Crippen molar-refractivity contribution >= 4 is 35.4 Å². The third-order valence-corrected chi connectivity index (χ3v) is 5.56. The average molecular weight is 432 g/mol. The molecule has 8 nitrogen and oxygen atoms in total. The Kier molecular flexibility index (Phi) is 5.59. The van der Waals surface area contributed by atoms with Crippen LogP contribution in [0.25, 0.3) is 6.08 Å². The van der Waals surface area contributed by atoms with Gasteiger partial charge in [0.15, 0.2) is 10.9 Å². The van der Waals surface area contributed by atoms with E-state index in [1.54, 1.807) is 30.6 Å². The Hall–Kier alpha value is -3.85.